The number of amides is 1. The van der Waals surface area contributed by atoms with Crippen LogP contribution < -0.4 is 5.32 Å². The van der Waals surface area contributed by atoms with Gasteiger partial charge in [0.2, 0.25) is 5.89 Å². The Morgan fingerprint density at radius 1 is 1.04 bits per heavy atom. The minimum Gasteiger partial charge on any atom is -0.436 e. The van der Waals surface area contributed by atoms with Crippen LogP contribution in [-0.2, 0) is 0 Å². The summed E-state index contributed by atoms with van der Waals surface area (Å²) in [6.07, 6.45) is 0. The molecule has 0 saturated carbocycles. The normalized spacial score (nSPS) is 10.8. The molecule has 0 spiro atoms. The number of aryl methyl sites for hydroxylation is 1. The van der Waals surface area contributed by atoms with Gasteiger partial charge in [0.25, 0.3) is 5.91 Å². The van der Waals surface area contributed by atoms with Crippen LogP contribution in [0.5, 0.6) is 0 Å². The monoisotopic (exact) mass is 346 g/mol. The molecule has 5 heteroatoms. The minimum atomic E-state index is -0.381. The predicted molar refractivity (Wildman–Crippen MR) is 98.5 cm³/mol. The van der Waals surface area contributed by atoms with Crippen molar-refractivity contribution in [2.75, 3.05) is 5.32 Å². The lowest BCUT2D eigenvalue weighted by Crippen LogP contribution is -2.11. The van der Waals surface area contributed by atoms with Gasteiger partial charge in [0.05, 0.1) is 0 Å². The summed E-state index contributed by atoms with van der Waals surface area (Å²) in [7, 11) is 0. The number of halogens is 1. The van der Waals surface area contributed by atoms with Gasteiger partial charge >= 0.3 is 0 Å². The van der Waals surface area contributed by atoms with E-state index < -0.39 is 0 Å². The third-order valence-corrected chi connectivity index (χ3v) is 4.02. The molecule has 1 amide bonds. The number of rotatable bonds is 3. The fourth-order valence-corrected chi connectivity index (χ4v) is 2.71. The summed E-state index contributed by atoms with van der Waals surface area (Å²) in [5.41, 5.74) is 4.28. The Balaban J connectivity index is 1.61. The number of nitrogens with zero attached hydrogens (tertiary/aromatic N) is 1. The fraction of sp³-hybridized carbons (Fsp3) is 0.0476. The van der Waals surface area contributed by atoms with Crippen LogP contribution in [0.1, 0.15) is 15.9 Å². The number of benzene rings is 3. The third kappa shape index (κ3) is 3.19. The van der Waals surface area contributed by atoms with Gasteiger partial charge in [0.15, 0.2) is 5.58 Å². The highest BCUT2D eigenvalue weighted by molar-refractivity contribution is 6.04. The molecule has 4 rings (SSSR count). The number of carbonyl (C=O) groups excluding carboxylic acids is 1. The van der Waals surface area contributed by atoms with Gasteiger partial charge in [-0.1, -0.05) is 17.7 Å². The van der Waals surface area contributed by atoms with E-state index in [1.807, 2.05) is 31.2 Å². The molecule has 4 nitrogen and oxygen atoms in total. The molecule has 0 saturated heterocycles. The first-order chi connectivity index (χ1) is 12.6. The van der Waals surface area contributed by atoms with E-state index in [9.17, 15) is 9.18 Å². The van der Waals surface area contributed by atoms with E-state index in [0.29, 0.717) is 28.2 Å². The number of nitrogens with one attached hydrogen (secondary N) is 1. The molecule has 1 N–H and O–H groups in total. The van der Waals surface area contributed by atoms with Crippen molar-refractivity contribution >= 4 is 22.7 Å². The maximum absolute atomic E-state index is 13.0. The third-order valence-electron chi connectivity index (χ3n) is 4.02. The Hall–Kier alpha value is -3.47. The molecule has 4 aromatic rings. The maximum atomic E-state index is 13.0. The van der Waals surface area contributed by atoms with Crippen molar-refractivity contribution in [3.8, 4) is 11.5 Å². The van der Waals surface area contributed by atoms with Crippen LogP contribution in [0.3, 0.4) is 0 Å². The number of oxazole rings is 1. The molecule has 0 atom stereocenters. The van der Waals surface area contributed by atoms with Crippen LogP contribution >= 0.6 is 0 Å². The molecule has 0 aliphatic rings. The first kappa shape index (κ1) is 16.0. The number of fused-ring (bicyclic) bond motifs is 1. The summed E-state index contributed by atoms with van der Waals surface area (Å²) >= 11 is 0. The van der Waals surface area contributed by atoms with Crippen LogP contribution in [0.15, 0.2) is 71.1 Å². The first-order valence-electron chi connectivity index (χ1n) is 8.13. The van der Waals surface area contributed by atoms with Crippen LogP contribution in [0.25, 0.3) is 22.6 Å². The lowest BCUT2D eigenvalue weighted by Gasteiger charge is -2.04. The largest absolute Gasteiger partial charge is 0.436 e. The summed E-state index contributed by atoms with van der Waals surface area (Å²) in [6.45, 7) is 2.01. The number of anilines is 1. The average molecular weight is 346 g/mol. The topological polar surface area (TPSA) is 55.1 Å². The Labute approximate surface area is 149 Å². The Bertz CT molecular complexity index is 1100. The first-order valence-corrected chi connectivity index (χ1v) is 8.13. The van der Waals surface area contributed by atoms with Crippen molar-refractivity contribution in [3.63, 3.8) is 0 Å². The molecule has 0 fully saturated rings. The van der Waals surface area contributed by atoms with E-state index in [1.54, 1.807) is 18.2 Å². The van der Waals surface area contributed by atoms with Gasteiger partial charge in [-0.05, 0) is 55.5 Å². The van der Waals surface area contributed by atoms with E-state index in [4.69, 9.17) is 4.42 Å². The summed E-state index contributed by atoms with van der Waals surface area (Å²) in [6, 6.07) is 18.6. The number of hydrogen-bond acceptors (Lipinski definition) is 3. The van der Waals surface area contributed by atoms with E-state index in [-0.39, 0.29) is 11.7 Å². The molecule has 1 aromatic heterocycles. The van der Waals surface area contributed by atoms with Crippen molar-refractivity contribution in [1.82, 2.24) is 4.98 Å². The molecule has 0 radical (unpaired) electrons. The highest BCUT2D eigenvalue weighted by Crippen LogP contribution is 2.27. The molecule has 0 unspecified atom stereocenters. The number of aromatic nitrogens is 1. The van der Waals surface area contributed by atoms with E-state index >= 15 is 0 Å². The van der Waals surface area contributed by atoms with Gasteiger partial charge in [-0.3, -0.25) is 4.79 Å². The van der Waals surface area contributed by atoms with Crippen LogP contribution in [0, 0.1) is 12.7 Å². The Morgan fingerprint density at radius 3 is 2.62 bits per heavy atom. The smallest absolute Gasteiger partial charge is 0.255 e. The minimum absolute atomic E-state index is 0.317. The average Bonchev–Trinajstić information content (AvgIpc) is 3.05. The second kappa shape index (κ2) is 6.44. The van der Waals surface area contributed by atoms with Gasteiger partial charge in [-0.15, -0.1) is 0 Å². The predicted octanol–water partition coefficient (Wildman–Crippen LogP) is 5.19. The number of hydrogen-bond donors (Lipinski definition) is 1. The SMILES string of the molecule is Cc1cccc(-c2nc3ccc(NC(=O)c4ccc(F)cc4)cc3o2)c1. The van der Waals surface area contributed by atoms with E-state index in [0.717, 1.165) is 11.1 Å². The summed E-state index contributed by atoms with van der Waals surface area (Å²) < 4.78 is 18.8. The zero-order chi connectivity index (χ0) is 18.1. The molecule has 0 aliphatic carbocycles. The lowest BCUT2D eigenvalue weighted by molar-refractivity contribution is 0.102. The Kier molecular flexibility index (Phi) is 3.97. The maximum Gasteiger partial charge on any atom is 0.255 e. The summed E-state index contributed by atoms with van der Waals surface area (Å²) in [5, 5.41) is 2.78. The fourth-order valence-electron chi connectivity index (χ4n) is 2.71. The second-order valence-electron chi connectivity index (χ2n) is 6.03. The van der Waals surface area contributed by atoms with Crippen molar-refractivity contribution in [2.24, 2.45) is 0 Å². The summed E-state index contributed by atoms with van der Waals surface area (Å²) in [4.78, 5) is 16.7. The van der Waals surface area contributed by atoms with Crippen molar-refractivity contribution < 1.29 is 13.6 Å². The zero-order valence-corrected chi connectivity index (χ0v) is 14.0. The van der Waals surface area contributed by atoms with Gasteiger partial charge in [0.1, 0.15) is 11.3 Å². The highest BCUT2D eigenvalue weighted by atomic mass is 19.1. The quantitative estimate of drug-likeness (QED) is 0.555. The Morgan fingerprint density at radius 2 is 1.85 bits per heavy atom. The van der Waals surface area contributed by atoms with E-state index in [1.165, 1.54) is 24.3 Å². The summed E-state index contributed by atoms with van der Waals surface area (Å²) in [5.74, 6) is -0.165. The second-order valence-corrected chi connectivity index (χ2v) is 6.03. The molecule has 128 valence electrons. The highest BCUT2D eigenvalue weighted by Gasteiger charge is 2.11. The van der Waals surface area contributed by atoms with Crippen LogP contribution in [-0.4, -0.2) is 10.9 Å². The van der Waals surface area contributed by atoms with Gasteiger partial charge in [-0.25, -0.2) is 9.37 Å². The standard InChI is InChI=1S/C21H15FN2O2/c1-13-3-2-4-15(11-13)21-24-18-10-9-17(12-19(18)26-21)23-20(25)14-5-7-16(22)8-6-14/h2-12H,1H3,(H,23,25). The molecule has 0 aliphatic heterocycles. The number of carbonyl (C=O) groups is 1. The van der Waals surface area contributed by atoms with Gasteiger partial charge in [0, 0.05) is 22.9 Å². The zero-order valence-electron chi connectivity index (χ0n) is 14.0. The molecule has 3 aromatic carbocycles. The molecular formula is C21H15FN2O2. The van der Waals surface area contributed by atoms with Crippen LogP contribution in [0.4, 0.5) is 10.1 Å². The van der Waals surface area contributed by atoms with E-state index in [2.05, 4.69) is 10.3 Å². The molecular weight excluding hydrogens is 331 g/mol. The molecule has 1 heterocycles. The lowest BCUT2D eigenvalue weighted by atomic mass is 10.1. The van der Waals surface area contributed by atoms with Crippen molar-refractivity contribution in [2.45, 2.75) is 6.92 Å². The molecule has 0 bridgehead atoms. The van der Waals surface area contributed by atoms with Gasteiger partial charge < -0.3 is 9.73 Å². The van der Waals surface area contributed by atoms with Crippen LogP contribution in [0.2, 0.25) is 0 Å². The van der Waals surface area contributed by atoms with Crippen molar-refractivity contribution in [1.29, 1.82) is 0 Å². The molecule has 26 heavy (non-hydrogen) atoms. The van der Waals surface area contributed by atoms with Gasteiger partial charge in [-0.2, -0.15) is 0 Å². The van der Waals surface area contributed by atoms with Crippen molar-refractivity contribution in [3.05, 3.63) is 83.7 Å².